The van der Waals surface area contributed by atoms with E-state index >= 15 is 0 Å². The number of nitrogens with zero attached hydrogens (tertiary/aromatic N) is 1. The van der Waals surface area contributed by atoms with E-state index in [-0.39, 0.29) is 12.5 Å². The number of carbonyl (C=O) groups is 1. The standard InChI is InChI=1S/C13H16N2O2S/c16-6-2-1-3-11-7-12(18-10-11)8-15-5-4-14-13(17)9-15/h7,10,16H,2,4-6,8-9H2,(H,14,17). The van der Waals surface area contributed by atoms with Crippen LogP contribution in [-0.2, 0) is 11.3 Å². The Bertz CT molecular complexity index is 473. The summed E-state index contributed by atoms with van der Waals surface area (Å²) in [5.41, 5.74) is 0.991. The van der Waals surface area contributed by atoms with E-state index in [4.69, 9.17) is 5.11 Å². The zero-order valence-electron chi connectivity index (χ0n) is 10.1. The zero-order chi connectivity index (χ0) is 12.8. The molecule has 5 heteroatoms. The fourth-order valence-electron chi connectivity index (χ4n) is 1.80. The van der Waals surface area contributed by atoms with Crippen molar-refractivity contribution in [1.82, 2.24) is 10.2 Å². The molecule has 2 heterocycles. The second-order valence-corrected chi connectivity index (χ2v) is 5.13. The van der Waals surface area contributed by atoms with Gasteiger partial charge in [0.1, 0.15) is 0 Å². The second kappa shape index (κ2) is 6.55. The van der Waals surface area contributed by atoms with Crippen molar-refractivity contribution in [2.75, 3.05) is 26.2 Å². The summed E-state index contributed by atoms with van der Waals surface area (Å²) in [6.07, 6.45) is 0.511. The monoisotopic (exact) mass is 264 g/mol. The van der Waals surface area contributed by atoms with Crippen LogP contribution in [0.15, 0.2) is 11.4 Å². The van der Waals surface area contributed by atoms with Gasteiger partial charge < -0.3 is 10.4 Å². The highest BCUT2D eigenvalue weighted by Crippen LogP contribution is 2.16. The van der Waals surface area contributed by atoms with Crippen LogP contribution in [0.25, 0.3) is 0 Å². The van der Waals surface area contributed by atoms with Crippen LogP contribution in [0.4, 0.5) is 0 Å². The molecule has 1 saturated heterocycles. The topological polar surface area (TPSA) is 52.6 Å². The molecule has 0 unspecified atom stereocenters. The van der Waals surface area contributed by atoms with E-state index in [0.29, 0.717) is 13.0 Å². The van der Waals surface area contributed by atoms with Crippen molar-refractivity contribution in [3.8, 4) is 11.8 Å². The predicted molar refractivity (Wildman–Crippen MR) is 71.2 cm³/mol. The minimum atomic E-state index is 0.0979. The van der Waals surface area contributed by atoms with Crippen molar-refractivity contribution in [3.05, 3.63) is 21.9 Å². The van der Waals surface area contributed by atoms with Crippen molar-refractivity contribution in [1.29, 1.82) is 0 Å². The van der Waals surface area contributed by atoms with Gasteiger partial charge >= 0.3 is 0 Å². The summed E-state index contributed by atoms with van der Waals surface area (Å²) in [6.45, 7) is 3.01. The molecule has 1 aliphatic heterocycles. The van der Waals surface area contributed by atoms with Gasteiger partial charge in [-0.1, -0.05) is 11.8 Å². The number of carbonyl (C=O) groups excluding carboxylic acids is 1. The zero-order valence-corrected chi connectivity index (χ0v) is 10.9. The highest BCUT2D eigenvalue weighted by Gasteiger charge is 2.16. The van der Waals surface area contributed by atoms with Gasteiger partial charge in [-0.05, 0) is 6.07 Å². The lowest BCUT2D eigenvalue weighted by atomic mass is 10.2. The van der Waals surface area contributed by atoms with Crippen LogP contribution in [0.2, 0.25) is 0 Å². The number of aliphatic hydroxyl groups is 1. The van der Waals surface area contributed by atoms with Gasteiger partial charge in [-0.2, -0.15) is 0 Å². The van der Waals surface area contributed by atoms with Crippen molar-refractivity contribution >= 4 is 17.2 Å². The fourth-order valence-corrected chi connectivity index (χ4v) is 2.65. The largest absolute Gasteiger partial charge is 0.395 e. The van der Waals surface area contributed by atoms with E-state index in [9.17, 15) is 4.79 Å². The van der Waals surface area contributed by atoms with Crippen molar-refractivity contribution in [2.24, 2.45) is 0 Å². The van der Waals surface area contributed by atoms with Gasteiger partial charge in [0.25, 0.3) is 0 Å². The molecule has 1 amide bonds. The first-order chi connectivity index (χ1) is 8.78. The minimum Gasteiger partial charge on any atom is -0.395 e. The lowest BCUT2D eigenvalue weighted by molar-refractivity contribution is -0.124. The molecular weight excluding hydrogens is 248 g/mol. The number of rotatable bonds is 3. The molecule has 0 spiro atoms. The molecule has 2 N–H and O–H groups in total. The van der Waals surface area contributed by atoms with Gasteiger partial charge in [-0.3, -0.25) is 9.69 Å². The minimum absolute atomic E-state index is 0.0979. The highest BCUT2D eigenvalue weighted by molar-refractivity contribution is 7.10. The normalized spacial score (nSPS) is 15.9. The van der Waals surface area contributed by atoms with E-state index in [2.05, 4.69) is 28.1 Å². The maximum absolute atomic E-state index is 11.2. The molecule has 0 bridgehead atoms. The fraction of sp³-hybridized carbons (Fsp3) is 0.462. The van der Waals surface area contributed by atoms with Crippen LogP contribution in [0.1, 0.15) is 16.9 Å². The van der Waals surface area contributed by atoms with Crippen molar-refractivity contribution < 1.29 is 9.90 Å². The quantitative estimate of drug-likeness (QED) is 0.778. The summed E-state index contributed by atoms with van der Waals surface area (Å²) in [6, 6.07) is 2.06. The number of aliphatic hydroxyl groups excluding tert-OH is 1. The van der Waals surface area contributed by atoms with E-state index in [1.807, 2.05) is 5.38 Å². The summed E-state index contributed by atoms with van der Waals surface area (Å²) in [5, 5.41) is 13.5. The number of nitrogens with one attached hydrogen (secondary N) is 1. The Labute approximate surface area is 111 Å². The van der Waals surface area contributed by atoms with Crippen LogP contribution < -0.4 is 5.32 Å². The molecule has 0 saturated carbocycles. The molecule has 0 aromatic carbocycles. The van der Waals surface area contributed by atoms with Crippen molar-refractivity contribution in [3.63, 3.8) is 0 Å². The van der Waals surface area contributed by atoms with Crippen LogP contribution in [-0.4, -0.2) is 42.2 Å². The van der Waals surface area contributed by atoms with Gasteiger partial charge in [0.05, 0.1) is 13.2 Å². The highest BCUT2D eigenvalue weighted by atomic mass is 32.1. The Hall–Kier alpha value is -1.35. The molecule has 1 aliphatic rings. The smallest absolute Gasteiger partial charge is 0.234 e. The molecule has 96 valence electrons. The van der Waals surface area contributed by atoms with Gasteiger partial charge in [-0.15, -0.1) is 11.3 Å². The van der Waals surface area contributed by atoms with Gasteiger partial charge in [0.2, 0.25) is 5.91 Å². The van der Waals surface area contributed by atoms with Crippen LogP contribution >= 0.6 is 11.3 Å². The SMILES string of the molecule is O=C1CN(Cc2cc(C#CCCO)cs2)CCN1. The Morgan fingerprint density at radius 1 is 1.56 bits per heavy atom. The molecule has 4 nitrogen and oxygen atoms in total. The molecule has 18 heavy (non-hydrogen) atoms. The number of hydrogen-bond donors (Lipinski definition) is 2. The maximum Gasteiger partial charge on any atom is 0.234 e. The Morgan fingerprint density at radius 3 is 3.22 bits per heavy atom. The molecule has 0 aliphatic carbocycles. The van der Waals surface area contributed by atoms with E-state index in [0.717, 1.165) is 25.2 Å². The number of piperazine rings is 1. The number of amides is 1. The van der Waals surface area contributed by atoms with E-state index in [1.165, 1.54) is 4.88 Å². The lowest BCUT2D eigenvalue weighted by Crippen LogP contribution is -2.46. The Kier molecular flexibility index (Phi) is 4.76. The third-order valence-electron chi connectivity index (χ3n) is 2.62. The van der Waals surface area contributed by atoms with Gasteiger partial charge in [-0.25, -0.2) is 0 Å². The van der Waals surface area contributed by atoms with E-state index in [1.54, 1.807) is 11.3 Å². The third-order valence-corrected chi connectivity index (χ3v) is 3.54. The van der Waals surface area contributed by atoms with Crippen LogP contribution in [0.5, 0.6) is 0 Å². The van der Waals surface area contributed by atoms with Gasteiger partial charge in [0.15, 0.2) is 0 Å². The number of thiophene rings is 1. The van der Waals surface area contributed by atoms with Crippen LogP contribution in [0.3, 0.4) is 0 Å². The van der Waals surface area contributed by atoms with E-state index < -0.39 is 0 Å². The first-order valence-electron chi connectivity index (χ1n) is 5.94. The average molecular weight is 264 g/mol. The molecule has 0 radical (unpaired) electrons. The lowest BCUT2D eigenvalue weighted by Gasteiger charge is -2.25. The van der Waals surface area contributed by atoms with Crippen LogP contribution in [0, 0.1) is 11.8 Å². The summed E-state index contributed by atoms with van der Waals surface area (Å²) < 4.78 is 0. The maximum atomic E-state index is 11.2. The first kappa shape index (κ1) is 13.1. The molecule has 1 aromatic heterocycles. The summed E-state index contributed by atoms with van der Waals surface area (Å²) in [4.78, 5) is 14.6. The molecular formula is C13H16N2O2S. The molecule has 1 fully saturated rings. The summed E-state index contributed by atoms with van der Waals surface area (Å²) in [7, 11) is 0. The van der Waals surface area contributed by atoms with Crippen molar-refractivity contribution in [2.45, 2.75) is 13.0 Å². The van der Waals surface area contributed by atoms with Gasteiger partial charge in [0, 0.05) is 41.9 Å². The molecule has 2 rings (SSSR count). The molecule has 1 aromatic rings. The Balaban J connectivity index is 1.90. The summed E-state index contributed by atoms with van der Waals surface area (Å²) >= 11 is 1.66. The first-order valence-corrected chi connectivity index (χ1v) is 6.82. The second-order valence-electron chi connectivity index (χ2n) is 4.14. The predicted octanol–water partition coefficient (Wildman–Crippen LogP) is 0.414. The number of hydrogen-bond acceptors (Lipinski definition) is 4. The third kappa shape index (κ3) is 3.84. The Morgan fingerprint density at radius 2 is 2.44 bits per heavy atom. The summed E-state index contributed by atoms with van der Waals surface area (Å²) in [5.74, 6) is 6.02. The average Bonchev–Trinajstić information content (AvgIpc) is 2.77. The molecule has 0 atom stereocenters.